The molecular weight excluding hydrogens is 422 g/mol. The van der Waals surface area contributed by atoms with E-state index < -0.39 is 0 Å². The quantitative estimate of drug-likeness (QED) is 0.559. The summed E-state index contributed by atoms with van der Waals surface area (Å²) in [6.45, 7) is 1.99. The molecule has 1 aliphatic rings. The molecule has 1 atom stereocenters. The normalized spacial score (nSPS) is 15.0. The zero-order valence-corrected chi connectivity index (χ0v) is 18.3. The van der Waals surface area contributed by atoms with Crippen LogP contribution in [0.15, 0.2) is 36.7 Å². The number of benzene rings is 1. The molecule has 6 nitrogen and oxygen atoms in total. The molecule has 4 rings (SSSR count). The number of amides is 1. The first-order valence-corrected chi connectivity index (χ1v) is 10.9. The third-order valence-electron chi connectivity index (χ3n) is 5.02. The van der Waals surface area contributed by atoms with E-state index in [9.17, 15) is 9.59 Å². The predicted molar refractivity (Wildman–Crippen MR) is 117 cm³/mol. The third-order valence-corrected chi connectivity index (χ3v) is 6.53. The van der Waals surface area contributed by atoms with E-state index in [0.717, 1.165) is 26.4 Å². The van der Waals surface area contributed by atoms with Gasteiger partial charge in [-0.05, 0) is 48.7 Å². The van der Waals surface area contributed by atoms with Crippen LogP contribution in [0.3, 0.4) is 0 Å². The van der Waals surface area contributed by atoms with Crippen LogP contribution in [0.5, 0.6) is 5.75 Å². The Morgan fingerprint density at radius 3 is 2.90 bits per heavy atom. The van der Waals surface area contributed by atoms with Gasteiger partial charge >= 0.3 is 0 Å². The fraction of sp³-hybridized carbons (Fsp3) is 0.318. The lowest BCUT2D eigenvalue weighted by atomic mass is 10.1. The molecule has 2 aromatic heterocycles. The average Bonchev–Trinajstić information content (AvgIpc) is 3.43. The zero-order chi connectivity index (χ0) is 21.3. The molecule has 0 aliphatic carbocycles. The second-order valence-electron chi connectivity index (χ2n) is 7.44. The summed E-state index contributed by atoms with van der Waals surface area (Å²) in [5, 5.41) is 7.61. The lowest BCUT2D eigenvalue weighted by Crippen LogP contribution is -2.34. The van der Waals surface area contributed by atoms with Crippen LogP contribution in [-0.4, -0.2) is 34.1 Å². The van der Waals surface area contributed by atoms with Crippen molar-refractivity contribution in [3.63, 3.8) is 0 Å². The Kier molecular flexibility index (Phi) is 5.92. The minimum atomic E-state index is -0.147. The number of fused-ring (bicyclic) bond motifs is 1. The number of nitrogens with one attached hydrogen (secondary N) is 1. The minimum Gasteiger partial charge on any atom is -0.486 e. The van der Waals surface area contributed by atoms with Crippen LogP contribution in [-0.2, 0) is 24.7 Å². The van der Waals surface area contributed by atoms with Crippen molar-refractivity contribution in [3.8, 4) is 16.2 Å². The Morgan fingerprint density at radius 1 is 1.37 bits per heavy atom. The van der Waals surface area contributed by atoms with Crippen molar-refractivity contribution in [3.05, 3.63) is 57.7 Å². The van der Waals surface area contributed by atoms with Crippen molar-refractivity contribution in [1.82, 2.24) is 15.1 Å². The van der Waals surface area contributed by atoms with E-state index in [2.05, 4.69) is 16.5 Å². The molecule has 0 bridgehead atoms. The fourth-order valence-corrected chi connectivity index (χ4v) is 4.67. The van der Waals surface area contributed by atoms with Gasteiger partial charge < -0.3 is 10.1 Å². The van der Waals surface area contributed by atoms with Gasteiger partial charge in [0, 0.05) is 36.5 Å². The molecule has 0 radical (unpaired) electrons. The summed E-state index contributed by atoms with van der Waals surface area (Å²) < 4.78 is 7.71. The Bertz CT molecular complexity index is 1100. The van der Waals surface area contributed by atoms with Gasteiger partial charge in [0.2, 0.25) is 5.91 Å². The summed E-state index contributed by atoms with van der Waals surface area (Å²) in [7, 11) is 1.86. The zero-order valence-electron chi connectivity index (χ0n) is 16.8. The Morgan fingerprint density at radius 2 is 2.20 bits per heavy atom. The second-order valence-corrected chi connectivity index (χ2v) is 8.93. The molecule has 0 saturated carbocycles. The van der Waals surface area contributed by atoms with Gasteiger partial charge in [-0.2, -0.15) is 5.10 Å². The molecule has 1 amide bonds. The van der Waals surface area contributed by atoms with E-state index in [1.54, 1.807) is 17.8 Å². The van der Waals surface area contributed by atoms with Gasteiger partial charge in [-0.15, -0.1) is 11.3 Å². The van der Waals surface area contributed by atoms with Crippen molar-refractivity contribution < 1.29 is 14.3 Å². The number of halogens is 1. The smallest absolute Gasteiger partial charge is 0.220 e. The summed E-state index contributed by atoms with van der Waals surface area (Å²) >= 11 is 7.92. The van der Waals surface area contributed by atoms with Crippen molar-refractivity contribution >= 4 is 34.6 Å². The van der Waals surface area contributed by atoms with Gasteiger partial charge in [0.1, 0.15) is 11.9 Å². The SMILES string of the molecule is CC(=O)c1ccc(-c2cc(Cl)c3c(c2)CC(CNC(=O)CCc2cnn(C)c2)O3)s1. The van der Waals surface area contributed by atoms with E-state index >= 15 is 0 Å². The lowest BCUT2D eigenvalue weighted by molar-refractivity contribution is -0.121. The first-order valence-electron chi connectivity index (χ1n) is 9.73. The number of nitrogens with zero attached hydrogens (tertiary/aromatic N) is 2. The molecule has 30 heavy (non-hydrogen) atoms. The first kappa shape index (κ1) is 20.6. The van der Waals surface area contributed by atoms with E-state index in [0.29, 0.717) is 36.6 Å². The number of Topliss-reactive ketones (excluding diaryl/α,β-unsaturated/α-hetero) is 1. The molecular formula is C22H22ClN3O3S. The highest BCUT2D eigenvalue weighted by atomic mass is 35.5. The van der Waals surface area contributed by atoms with Gasteiger partial charge in [-0.3, -0.25) is 14.3 Å². The van der Waals surface area contributed by atoms with E-state index in [4.69, 9.17) is 16.3 Å². The third kappa shape index (κ3) is 4.57. The summed E-state index contributed by atoms with van der Waals surface area (Å²) in [6, 6.07) is 7.70. The average molecular weight is 444 g/mol. The molecule has 1 N–H and O–H groups in total. The first-order chi connectivity index (χ1) is 14.4. The van der Waals surface area contributed by atoms with Crippen LogP contribution >= 0.6 is 22.9 Å². The van der Waals surface area contributed by atoms with E-state index in [1.165, 1.54) is 11.3 Å². The number of hydrogen-bond donors (Lipinski definition) is 1. The fourth-order valence-electron chi connectivity index (χ4n) is 3.50. The highest BCUT2D eigenvalue weighted by molar-refractivity contribution is 7.17. The number of carbonyl (C=O) groups excluding carboxylic acids is 2. The Hall–Kier alpha value is -2.64. The summed E-state index contributed by atoms with van der Waals surface area (Å²) in [6.07, 6.45) is 5.28. The molecule has 8 heteroatoms. The number of thiophene rings is 1. The molecule has 1 aliphatic heterocycles. The van der Waals surface area contributed by atoms with Crippen LogP contribution in [0.25, 0.3) is 10.4 Å². The van der Waals surface area contributed by atoms with Gasteiger partial charge in [0.25, 0.3) is 0 Å². The van der Waals surface area contributed by atoms with Crippen LogP contribution in [0.1, 0.15) is 34.1 Å². The minimum absolute atomic E-state index is 0.0134. The predicted octanol–water partition coefficient (Wildman–Crippen LogP) is 4.06. The second kappa shape index (κ2) is 8.62. The van der Waals surface area contributed by atoms with Gasteiger partial charge in [-0.1, -0.05) is 11.6 Å². The highest BCUT2D eigenvalue weighted by Crippen LogP contribution is 2.41. The molecule has 0 spiro atoms. The highest BCUT2D eigenvalue weighted by Gasteiger charge is 2.26. The maximum absolute atomic E-state index is 12.2. The topological polar surface area (TPSA) is 73.2 Å². The van der Waals surface area contributed by atoms with Crippen molar-refractivity contribution in [1.29, 1.82) is 0 Å². The standard InChI is InChI=1S/C22H22ClN3O3S/c1-13(27)19-4-5-20(30-19)15-7-16-8-17(29-22(16)18(23)9-15)11-24-21(28)6-3-14-10-25-26(2)12-14/h4-5,7,9-10,12,17H,3,6,8,11H2,1-2H3,(H,24,28). The van der Waals surface area contributed by atoms with Gasteiger partial charge in [-0.25, -0.2) is 0 Å². The summed E-state index contributed by atoms with van der Waals surface area (Å²) in [5.74, 6) is 0.722. The monoisotopic (exact) mass is 443 g/mol. The number of aromatic nitrogens is 2. The maximum Gasteiger partial charge on any atom is 0.220 e. The van der Waals surface area contributed by atoms with Gasteiger partial charge in [0.05, 0.1) is 22.6 Å². The molecule has 1 unspecified atom stereocenters. The van der Waals surface area contributed by atoms with Crippen LogP contribution < -0.4 is 10.1 Å². The van der Waals surface area contributed by atoms with Crippen LogP contribution in [0.4, 0.5) is 0 Å². The largest absolute Gasteiger partial charge is 0.486 e. The number of hydrogen-bond acceptors (Lipinski definition) is 5. The number of rotatable bonds is 7. The summed E-state index contributed by atoms with van der Waals surface area (Å²) in [4.78, 5) is 25.5. The number of ketones is 1. The lowest BCUT2D eigenvalue weighted by Gasteiger charge is -2.12. The molecule has 1 aromatic carbocycles. The van der Waals surface area contributed by atoms with Crippen molar-refractivity contribution in [2.24, 2.45) is 7.05 Å². The number of carbonyl (C=O) groups is 2. The molecule has 3 aromatic rings. The Labute approximate surface area is 183 Å². The van der Waals surface area contributed by atoms with E-state index in [-0.39, 0.29) is 17.8 Å². The summed E-state index contributed by atoms with van der Waals surface area (Å²) in [5.41, 5.74) is 3.03. The van der Waals surface area contributed by atoms with E-state index in [1.807, 2.05) is 31.4 Å². The molecule has 0 fully saturated rings. The molecule has 3 heterocycles. The van der Waals surface area contributed by atoms with Crippen molar-refractivity contribution in [2.45, 2.75) is 32.3 Å². The Balaban J connectivity index is 1.35. The number of aryl methyl sites for hydroxylation is 2. The van der Waals surface area contributed by atoms with Gasteiger partial charge in [0.15, 0.2) is 5.78 Å². The maximum atomic E-state index is 12.2. The molecule has 0 saturated heterocycles. The molecule has 156 valence electrons. The van der Waals surface area contributed by atoms with Crippen molar-refractivity contribution in [2.75, 3.05) is 6.54 Å². The number of ether oxygens (including phenoxy) is 1. The van der Waals surface area contributed by atoms with Crippen LogP contribution in [0.2, 0.25) is 5.02 Å². The van der Waals surface area contributed by atoms with Crippen LogP contribution in [0, 0.1) is 0 Å².